The van der Waals surface area contributed by atoms with Crippen molar-refractivity contribution in [2.24, 2.45) is 0 Å². The van der Waals surface area contributed by atoms with Crippen LogP contribution >= 0.6 is 0 Å². The molecule has 0 aromatic heterocycles. The molecule has 96 valence electrons. The van der Waals surface area contributed by atoms with Crippen LogP contribution in [0.5, 0.6) is 0 Å². The summed E-state index contributed by atoms with van der Waals surface area (Å²) in [5.74, 6) is 0. The van der Waals surface area contributed by atoms with E-state index in [1.54, 1.807) is 0 Å². The minimum absolute atomic E-state index is 0.835. The summed E-state index contributed by atoms with van der Waals surface area (Å²) in [7, 11) is 0. The van der Waals surface area contributed by atoms with E-state index >= 15 is 0 Å². The largest absolute Gasteiger partial charge is 0.398 e. The topological polar surface area (TPSA) is 26.0 Å². The molecule has 0 fully saturated rings. The molecule has 0 saturated heterocycles. The van der Waals surface area contributed by atoms with Crippen LogP contribution in [0.25, 0.3) is 11.6 Å². The molecule has 0 atom stereocenters. The van der Waals surface area contributed by atoms with Gasteiger partial charge in [-0.05, 0) is 36.6 Å². The third-order valence-corrected chi connectivity index (χ3v) is 3.07. The highest BCUT2D eigenvalue weighted by Crippen LogP contribution is 2.22. The van der Waals surface area contributed by atoms with Gasteiger partial charge in [0.25, 0.3) is 0 Å². The molecule has 2 N–H and O–H groups in total. The average molecular weight is 249 g/mol. The number of nitrogens with two attached hydrogens (primary N) is 1. The summed E-state index contributed by atoms with van der Waals surface area (Å²) >= 11 is 0. The third-order valence-electron chi connectivity index (χ3n) is 3.07. The molecule has 0 saturated carbocycles. The Labute approximate surface area is 115 Å². The molecule has 1 heteroatoms. The van der Waals surface area contributed by atoms with Gasteiger partial charge >= 0.3 is 0 Å². The van der Waals surface area contributed by atoms with E-state index in [0.29, 0.717) is 0 Å². The van der Waals surface area contributed by atoms with Crippen LogP contribution in [0.15, 0.2) is 60.7 Å². The van der Waals surface area contributed by atoms with E-state index < -0.39 is 0 Å². The number of allylic oxidation sites excluding steroid dienone is 3. The zero-order chi connectivity index (χ0) is 13.7. The van der Waals surface area contributed by atoms with Gasteiger partial charge in [-0.3, -0.25) is 0 Å². The number of hydrogen-bond acceptors (Lipinski definition) is 1. The summed E-state index contributed by atoms with van der Waals surface area (Å²) in [6.45, 7) is 4.13. The maximum Gasteiger partial charge on any atom is 0.0392 e. The number of hydrogen-bond donors (Lipinski definition) is 1. The molecule has 0 spiro atoms. The Bertz CT molecular complexity index is 607. The number of aryl methyl sites for hydroxylation is 1. The van der Waals surface area contributed by atoms with E-state index in [4.69, 9.17) is 5.73 Å². The van der Waals surface area contributed by atoms with Gasteiger partial charge in [-0.25, -0.2) is 0 Å². The lowest BCUT2D eigenvalue weighted by molar-refractivity contribution is 1.44. The van der Waals surface area contributed by atoms with Gasteiger partial charge in [0.15, 0.2) is 0 Å². The average Bonchev–Trinajstić information content (AvgIpc) is 2.39. The van der Waals surface area contributed by atoms with Gasteiger partial charge in [0.2, 0.25) is 0 Å². The van der Waals surface area contributed by atoms with Crippen LogP contribution < -0.4 is 5.73 Å². The first kappa shape index (κ1) is 13.2. The van der Waals surface area contributed by atoms with Crippen molar-refractivity contribution in [1.29, 1.82) is 0 Å². The molecule has 2 aromatic carbocycles. The quantitative estimate of drug-likeness (QED) is 0.619. The van der Waals surface area contributed by atoms with Crippen LogP contribution in [0.4, 0.5) is 5.69 Å². The standard InChI is InChI=1S/C18H19N/c1-14-11-12-17(18(19)13-14)15(2)7-6-10-16-8-4-3-5-9-16/h3-13H,19H2,1-2H3/b10-6+,15-7-. The molecule has 0 unspecified atom stereocenters. The second-order valence-electron chi connectivity index (χ2n) is 4.71. The van der Waals surface area contributed by atoms with Crippen LogP contribution in [0.1, 0.15) is 23.6 Å². The summed E-state index contributed by atoms with van der Waals surface area (Å²) < 4.78 is 0. The molecule has 0 amide bonds. The highest BCUT2D eigenvalue weighted by molar-refractivity contribution is 5.75. The molecule has 0 aliphatic carbocycles. The lowest BCUT2D eigenvalue weighted by Crippen LogP contribution is -1.92. The fourth-order valence-corrected chi connectivity index (χ4v) is 2.00. The first-order chi connectivity index (χ1) is 9.16. The van der Waals surface area contributed by atoms with Gasteiger partial charge < -0.3 is 5.73 Å². The zero-order valence-corrected chi connectivity index (χ0v) is 11.4. The summed E-state index contributed by atoms with van der Waals surface area (Å²) in [4.78, 5) is 0. The minimum Gasteiger partial charge on any atom is -0.398 e. The van der Waals surface area contributed by atoms with Gasteiger partial charge in [-0.2, -0.15) is 0 Å². The normalized spacial score (nSPS) is 12.0. The Morgan fingerprint density at radius 1 is 1.05 bits per heavy atom. The lowest BCUT2D eigenvalue weighted by atomic mass is 10.0. The van der Waals surface area contributed by atoms with Crippen LogP contribution in [0.2, 0.25) is 0 Å². The van der Waals surface area contributed by atoms with Crippen molar-refractivity contribution in [1.82, 2.24) is 0 Å². The number of anilines is 1. The molecule has 2 aromatic rings. The second kappa shape index (κ2) is 6.05. The highest BCUT2D eigenvalue weighted by atomic mass is 14.6. The summed E-state index contributed by atoms with van der Waals surface area (Å²) in [6.07, 6.45) is 6.24. The van der Waals surface area contributed by atoms with E-state index in [2.05, 4.69) is 56.3 Å². The SMILES string of the molecule is C/C(=C/C=C/c1ccccc1)c1ccc(C)cc1N. The maximum absolute atomic E-state index is 6.04. The summed E-state index contributed by atoms with van der Waals surface area (Å²) in [5, 5.41) is 0. The van der Waals surface area contributed by atoms with E-state index in [1.165, 1.54) is 16.7 Å². The van der Waals surface area contributed by atoms with Crippen molar-refractivity contribution < 1.29 is 0 Å². The van der Waals surface area contributed by atoms with Gasteiger partial charge in [-0.1, -0.05) is 60.7 Å². The van der Waals surface area contributed by atoms with Gasteiger partial charge in [0.05, 0.1) is 0 Å². The van der Waals surface area contributed by atoms with Crippen LogP contribution in [-0.2, 0) is 0 Å². The maximum atomic E-state index is 6.04. The van der Waals surface area contributed by atoms with Gasteiger partial charge in [0, 0.05) is 11.3 Å². The molecule has 2 rings (SSSR count). The Morgan fingerprint density at radius 2 is 1.79 bits per heavy atom. The van der Waals surface area contributed by atoms with Crippen LogP contribution in [0, 0.1) is 6.92 Å². The van der Waals surface area contributed by atoms with Crippen LogP contribution in [0.3, 0.4) is 0 Å². The van der Waals surface area contributed by atoms with Crippen molar-refractivity contribution in [2.45, 2.75) is 13.8 Å². The predicted octanol–water partition coefficient (Wildman–Crippen LogP) is 4.69. The van der Waals surface area contributed by atoms with Crippen LogP contribution in [-0.4, -0.2) is 0 Å². The fraction of sp³-hybridized carbons (Fsp3) is 0.111. The first-order valence-corrected chi connectivity index (χ1v) is 6.43. The van der Waals surface area contributed by atoms with Gasteiger partial charge in [0.1, 0.15) is 0 Å². The fourth-order valence-electron chi connectivity index (χ4n) is 2.00. The van der Waals surface area contributed by atoms with E-state index in [0.717, 1.165) is 11.3 Å². The monoisotopic (exact) mass is 249 g/mol. The molecular formula is C18H19N. The Morgan fingerprint density at radius 3 is 2.47 bits per heavy atom. The zero-order valence-electron chi connectivity index (χ0n) is 11.4. The Kier molecular flexibility index (Phi) is 4.19. The molecule has 1 nitrogen and oxygen atoms in total. The summed E-state index contributed by atoms with van der Waals surface area (Å²) in [6, 6.07) is 16.4. The Hall–Kier alpha value is -2.28. The number of rotatable bonds is 3. The molecule has 0 bridgehead atoms. The third kappa shape index (κ3) is 3.59. The number of benzene rings is 2. The van der Waals surface area contributed by atoms with E-state index in [-0.39, 0.29) is 0 Å². The molecular weight excluding hydrogens is 230 g/mol. The van der Waals surface area contributed by atoms with E-state index in [9.17, 15) is 0 Å². The number of nitrogen functional groups attached to an aromatic ring is 1. The molecule has 0 aliphatic rings. The molecule has 19 heavy (non-hydrogen) atoms. The lowest BCUT2D eigenvalue weighted by Gasteiger charge is -2.06. The smallest absolute Gasteiger partial charge is 0.0392 e. The first-order valence-electron chi connectivity index (χ1n) is 6.43. The Balaban J connectivity index is 2.17. The molecule has 0 heterocycles. The summed E-state index contributed by atoms with van der Waals surface area (Å²) in [5.41, 5.74) is 11.5. The highest BCUT2D eigenvalue weighted by Gasteiger charge is 2.00. The predicted molar refractivity (Wildman–Crippen MR) is 84.7 cm³/mol. The van der Waals surface area contributed by atoms with Crippen molar-refractivity contribution in [3.8, 4) is 0 Å². The van der Waals surface area contributed by atoms with E-state index in [1.807, 2.05) is 24.3 Å². The minimum atomic E-state index is 0.835. The van der Waals surface area contributed by atoms with Gasteiger partial charge in [-0.15, -0.1) is 0 Å². The van der Waals surface area contributed by atoms with Crippen molar-refractivity contribution in [3.63, 3.8) is 0 Å². The molecule has 0 aliphatic heterocycles. The second-order valence-corrected chi connectivity index (χ2v) is 4.71. The van der Waals surface area contributed by atoms with Crippen molar-refractivity contribution >= 4 is 17.3 Å². The molecule has 0 radical (unpaired) electrons. The van der Waals surface area contributed by atoms with Crippen molar-refractivity contribution in [3.05, 3.63) is 77.4 Å². The van der Waals surface area contributed by atoms with Crippen molar-refractivity contribution in [2.75, 3.05) is 5.73 Å².